The lowest BCUT2D eigenvalue weighted by Crippen LogP contribution is -2.57. The fraction of sp³-hybridized carbons (Fsp3) is 0.548. The minimum atomic E-state index is -2.45. The van der Waals surface area contributed by atoms with Crippen molar-refractivity contribution >= 4 is 48.6 Å². The van der Waals surface area contributed by atoms with E-state index in [2.05, 4.69) is 63.0 Å². The normalized spacial score (nSPS) is 19.0. The molecule has 0 bridgehead atoms. The number of methoxy groups -OCH3 is 1. The molecule has 0 aliphatic carbocycles. The molecule has 0 N–H and O–H groups in total. The maximum atomic E-state index is 14.2. The second kappa shape index (κ2) is 14.2. The second-order valence-corrected chi connectivity index (χ2v) is 17.6. The SMILES string of the molecule is C=CCOC(=O)N1c2cc(OCCCCCI)c(OC)cc2C(=O)N2C=C(/C=C/C)C[C@H]2[C@@H]1O[Si](C)(C)C(C)(C)C. The first-order valence-corrected chi connectivity index (χ1v) is 18.6. The lowest BCUT2D eigenvalue weighted by atomic mass is 10.1. The second-order valence-electron chi connectivity index (χ2n) is 11.8. The summed E-state index contributed by atoms with van der Waals surface area (Å²) in [6, 6.07) is 2.94. The number of fused-ring (bicyclic) bond motifs is 2. The van der Waals surface area contributed by atoms with Gasteiger partial charge in [-0.2, -0.15) is 0 Å². The Morgan fingerprint density at radius 2 is 1.93 bits per heavy atom. The highest BCUT2D eigenvalue weighted by Gasteiger charge is 2.50. The summed E-state index contributed by atoms with van der Waals surface area (Å²) in [7, 11) is -0.898. The zero-order chi connectivity index (χ0) is 30.4. The zero-order valence-corrected chi connectivity index (χ0v) is 28.7. The Kier molecular flexibility index (Phi) is 11.5. The van der Waals surface area contributed by atoms with E-state index in [0.29, 0.717) is 35.8 Å². The van der Waals surface area contributed by atoms with Crippen LogP contribution in [0.1, 0.15) is 63.7 Å². The summed E-state index contributed by atoms with van der Waals surface area (Å²) >= 11 is 2.37. The highest BCUT2D eigenvalue weighted by atomic mass is 127. The van der Waals surface area contributed by atoms with Crippen LogP contribution in [0.15, 0.2) is 48.7 Å². The lowest BCUT2D eigenvalue weighted by Gasteiger charge is -2.44. The van der Waals surface area contributed by atoms with Crippen molar-refractivity contribution in [2.24, 2.45) is 0 Å². The summed E-state index contributed by atoms with van der Waals surface area (Å²) in [4.78, 5) is 31.3. The predicted molar refractivity (Wildman–Crippen MR) is 175 cm³/mol. The molecule has 226 valence electrons. The van der Waals surface area contributed by atoms with Gasteiger partial charge in [-0.1, -0.05) is 68.2 Å². The summed E-state index contributed by atoms with van der Waals surface area (Å²) in [6.07, 6.45) is 9.52. The van der Waals surface area contributed by atoms with Crippen LogP contribution in [-0.4, -0.2) is 62.2 Å². The van der Waals surface area contributed by atoms with Crippen molar-refractivity contribution in [3.05, 3.63) is 54.3 Å². The summed E-state index contributed by atoms with van der Waals surface area (Å²) in [5, 5.41) is -0.141. The average Bonchev–Trinajstić information content (AvgIpc) is 3.31. The maximum Gasteiger partial charge on any atom is 0.416 e. The number of rotatable bonds is 12. The van der Waals surface area contributed by atoms with E-state index in [1.54, 1.807) is 24.1 Å². The zero-order valence-electron chi connectivity index (χ0n) is 25.5. The molecule has 2 aliphatic heterocycles. The van der Waals surface area contributed by atoms with Gasteiger partial charge < -0.3 is 23.5 Å². The van der Waals surface area contributed by atoms with Crippen LogP contribution >= 0.6 is 22.6 Å². The number of allylic oxidation sites excluding steroid dienone is 2. The van der Waals surface area contributed by atoms with E-state index in [-0.39, 0.29) is 17.6 Å². The Bertz CT molecular complexity index is 1180. The summed E-state index contributed by atoms with van der Waals surface area (Å²) in [6.45, 7) is 16.9. The number of nitrogens with zero attached hydrogens (tertiary/aromatic N) is 2. The Hall–Kier alpha value is -2.31. The molecule has 2 aliphatic rings. The maximum absolute atomic E-state index is 14.2. The quantitative estimate of drug-likeness (QED) is 0.0729. The van der Waals surface area contributed by atoms with Crippen LogP contribution in [0.5, 0.6) is 11.5 Å². The minimum absolute atomic E-state index is 0.0260. The van der Waals surface area contributed by atoms with Gasteiger partial charge in [-0.25, -0.2) is 9.69 Å². The van der Waals surface area contributed by atoms with Gasteiger partial charge in [0.15, 0.2) is 26.0 Å². The number of anilines is 1. The molecule has 2 amide bonds. The fourth-order valence-electron chi connectivity index (χ4n) is 4.65. The molecule has 1 aromatic rings. The largest absolute Gasteiger partial charge is 0.493 e. The van der Waals surface area contributed by atoms with Crippen molar-refractivity contribution in [2.75, 3.05) is 29.7 Å². The monoisotopic (exact) mass is 696 g/mol. The van der Waals surface area contributed by atoms with Crippen molar-refractivity contribution < 1.29 is 28.2 Å². The van der Waals surface area contributed by atoms with Gasteiger partial charge in [0, 0.05) is 12.3 Å². The van der Waals surface area contributed by atoms with Crippen LogP contribution in [-0.2, 0) is 9.16 Å². The number of halogens is 1. The molecule has 0 aromatic heterocycles. The van der Waals surface area contributed by atoms with Crippen molar-refractivity contribution in [2.45, 2.75) is 83.8 Å². The van der Waals surface area contributed by atoms with Gasteiger partial charge in [0.05, 0.1) is 31.0 Å². The summed E-state index contributed by atoms with van der Waals surface area (Å²) in [5.41, 5.74) is 1.68. The topological polar surface area (TPSA) is 77.5 Å². The first-order valence-electron chi connectivity index (χ1n) is 14.2. The van der Waals surface area contributed by atoms with Crippen LogP contribution < -0.4 is 14.4 Å². The molecule has 2 heterocycles. The molecule has 0 spiro atoms. The number of alkyl halides is 1. The third kappa shape index (κ3) is 7.56. The van der Waals surface area contributed by atoms with Gasteiger partial charge in [-0.15, -0.1) is 0 Å². The number of hydrogen-bond acceptors (Lipinski definition) is 6. The Morgan fingerprint density at radius 3 is 2.54 bits per heavy atom. The van der Waals surface area contributed by atoms with E-state index < -0.39 is 26.7 Å². The van der Waals surface area contributed by atoms with Crippen molar-refractivity contribution in [1.29, 1.82) is 0 Å². The van der Waals surface area contributed by atoms with Crippen molar-refractivity contribution in [3.8, 4) is 11.5 Å². The third-order valence-corrected chi connectivity index (χ3v) is 13.1. The molecule has 0 saturated heterocycles. The van der Waals surface area contributed by atoms with Crippen molar-refractivity contribution in [1.82, 2.24) is 4.90 Å². The van der Waals surface area contributed by atoms with Gasteiger partial charge in [0.1, 0.15) is 6.61 Å². The van der Waals surface area contributed by atoms with Crippen LogP contribution in [0, 0.1) is 0 Å². The van der Waals surface area contributed by atoms with Crippen LogP contribution in [0.3, 0.4) is 0 Å². The van der Waals surface area contributed by atoms with Gasteiger partial charge in [0.2, 0.25) is 0 Å². The molecule has 41 heavy (non-hydrogen) atoms. The first kappa shape index (κ1) is 33.2. The van der Waals surface area contributed by atoms with Crippen LogP contribution in [0.25, 0.3) is 0 Å². The average molecular weight is 697 g/mol. The van der Waals surface area contributed by atoms with Crippen LogP contribution in [0.2, 0.25) is 18.1 Å². The minimum Gasteiger partial charge on any atom is -0.493 e. The molecule has 10 heteroatoms. The summed E-state index contributed by atoms with van der Waals surface area (Å²) < 4.78 is 25.6. The van der Waals surface area contributed by atoms with E-state index in [1.165, 1.54) is 11.0 Å². The first-order chi connectivity index (χ1) is 19.4. The molecule has 2 atom stereocenters. The van der Waals surface area contributed by atoms with Gasteiger partial charge in [-0.3, -0.25) is 4.79 Å². The van der Waals surface area contributed by atoms with Gasteiger partial charge >= 0.3 is 6.09 Å². The Labute approximate surface area is 260 Å². The molecule has 8 nitrogen and oxygen atoms in total. The predicted octanol–water partition coefficient (Wildman–Crippen LogP) is 7.84. The number of carbonyl (C=O) groups is 2. The van der Waals surface area contributed by atoms with Gasteiger partial charge in [-0.05, 0) is 66.8 Å². The third-order valence-electron chi connectivity index (χ3n) is 7.86. The molecule has 3 rings (SSSR count). The Balaban J connectivity index is 2.22. The van der Waals surface area contributed by atoms with Crippen LogP contribution in [0.4, 0.5) is 10.5 Å². The van der Waals surface area contributed by atoms with E-state index in [4.69, 9.17) is 18.6 Å². The number of carbonyl (C=O) groups excluding carboxylic acids is 2. The highest BCUT2D eigenvalue weighted by molar-refractivity contribution is 14.1. The molecule has 0 fully saturated rings. The van der Waals surface area contributed by atoms with E-state index in [9.17, 15) is 9.59 Å². The van der Waals surface area contributed by atoms with E-state index >= 15 is 0 Å². The smallest absolute Gasteiger partial charge is 0.416 e. The molecular formula is C31H45IN2O6Si. The molecule has 0 unspecified atom stereocenters. The van der Waals surface area contributed by atoms with E-state index in [1.807, 2.05) is 25.3 Å². The lowest BCUT2D eigenvalue weighted by molar-refractivity contribution is 0.0589. The van der Waals surface area contributed by atoms with E-state index in [0.717, 1.165) is 29.3 Å². The Morgan fingerprint density at radius 1 is 1.20 bits per heavy atom. The molecule has 0 saturated carbocycles. The molecule has 1 aromatic carbocycles. The number of hydrogen-bond donors (Lipinski definition) is 0. The molecular weight excluding hydrogens is 651 g/mol. The number of amides is 2. The van der Waals surface area contributed by atoms with Gasteiger partial charge in [0.25, 0.3) is 5.91 Å². The van der Waals surface area contributed by atoms with Crippen molar-refractivity contribution in [3.63, 3.8) is 0 Å². The number of unbranched alkanes of at least 4 members (excludes halogenated alkanes) is 2. The standard InChI is InChI=1S/C31H45IN2O6Si/c1-9-14-22-18-25-29(40-41(7,8)31(3,4)5)34(30(36)39-16-10-2)24-20-27(38-17-13-11-12-15-32)26(37-6)19-23(24)28(35)33(25)21-22/h9-10,14,19-21,25,29H,2,11-13,15-18H2,1,3-8H3/b14-9+/t25-,29-/m0/s1. The molecule has 0 radical (unpaired) electrons. The number of ether oxygens (including phenoxy) is 3. The summed E-state index contributed by atoms with van der Waals surface area (Å²) in [5.74, 6) is 0.662. The number of benzene rings is 1. The highest BCUT2D eigenvalue weighted by Crippen LogP contribution is 2.45. The fourth-order valence-corrected chi connectivity index (χ4v) is 6.41.